The van der Waals surface area contributed by atoms with Crippen molar-refractivity contribution in [2.75, 3.05) is 0 Å². The summed E-state index contributed by atoms with van der Waals surface area (Å²) in [4.78, 5) is 12.4. The first-order valence-electron chi connectivity index (χ1n) is 13.8. The highest BCUT2D eigenvalue weighted by atomic mass is 32.2. The number of rotatable bonds is 14. The Morgan fingerprint density at radius 3 is 1.76 bits per heavy atom. The number of hydrogen-bond donors (Lipinski definition) is 3. The summed E-state index contributed by atoms with van der Waals surface area (Å²) in [6.07, 6.45) is 6.05. The minimum absolute atomic E-state index is 0.121. The summed E-state index contributed by atoms with van der Waals surface area (Å²) in [6, 6.07) is 29.3. The van der Waals surface area contributed by atoms with Crippen molar-refractivity contribution in [3.63, 3.8) is 0 Å². The molecule has 0 heterocycles. The van der Waals surface area contributed by atoms with Gasteiger partial charge in [-0.05, 0) is 59.9 Å². The van der Waals surface area contributed by atoms with Crippen molar-refractivity contribution >= 4 is 22.0 Å². The van der Waals surface area contributed by atoms with Gasteiger partial charge in [-0.1, -0.05) is 104 Å². The zero-order valence-electron chi connectivity index (χ0n) is 23.1. The normalized spacial score (nSPS) is 11.9. The van der Waals surface area contributed by atoms with Crippen molar-refractivity contribution in [1.29, 1.82) is 0 Å². The largest absolute Gasteiger partial charge is 0.504 e. The molecule has 0 bridgehead atoms. The number of phenols is 3. The Labute approximate surface area is 246 Å². The minimum Gasteiger partial charge on any atom is -0.504 e. The first kappa shape index (κ1) is 30.4. The molecular formula is C34H34O7S. The fourth-order valence-electron chi connectivity index (χ4n) is 4.98. The second kappa shape index (κ2) is 13.9. The van der Waals surface area contributed by atoms with Crippen LogP contribution in [-0.4, -0.2) is 29.5 Å². The molecule has 0 fully saturated rings. The second-order valence-electron chi connectivity index (χ2n) is 10.0. The van der Waals surface area contributed by atoms with Crippen LogP contribution in [0.25, 0.3) is 6.08 Å². The standard InChI is InChI=1S/C34H34O7S/c35-29(22-21-26-24-31(36)33(38)32(37)25-26)18-10-1-2-13-23-34(27-14-6-3-7-15-27,28-16-8-4-9-17-28)42(39,40)41-30-19-11-5-12-20-30/h3-9,11-12,14-17,19-22,24-25,36-38H,1-2,10,13,18,23H2/b22-21+. The van der Waals surface area contributed by atoms with Crippen LogP contribution >= 0.6 is 0 Å². The van der Waals surface area contributed by atoms with E-state index in [0.29, 0.717) is 42.4 Å². The van der Waals surface area contributed by atoms with Crippen LogP contribution in [0.2, 0.25) is 0 Å². The van der Waals surface area contributed by atoms with Gasteiger partial charge in [0.05, 0.1) is 0 Å². The molecule has 3 N–H and O–H groups in total. The van der Waals surface area contributed by atoms with Gasteiger partial charge in [-0.3, -0.25) is 4.79 Å². The lowest BCUT2D eigenvalue weighted by atomic mass is 9.85. The predicted molar refractivity (Wildman–Crippen MR) is 163 cm³/mol. The number of ketones is 1. The average molecular weight is 587 g/mol. The topological polar surface area (TPSA) is 121 Å². The van der Waals surface area contributed by atoms with E-state index in [4.69, 9.17) is 4.18 Å². The van der Waals surface area contributed by atoms with Crippen LogP contribution in [0.15, 0.2) is 109 Å². The van der Waals surface area contributed by atoms with Crippen LogP contribution in [0.3, 0.4) is 0 Å². The zero-order valence-corrected chi connectivity index (χ0v) is 23.9. The SMILES string of the molecule is O=C(/C=C/c1cc(O)c(O)c(O)c1)CCCCCCC(c1ccccc1)(c1ccccc1)S(=O)(=O)Oc1ccccc1. The highest BCUT2D eigenvalue weighted by Gasteiger charge is 2.48. The Bertz CT molecular complexity index is 1540. The van der Waals surface area contributed by atoms with E-state index in [9.17, 15) is 28.5 Å². The fraction of sp³-hybridized carbons (Fsp3) is 0.206. The van der Waals surface area contributed by atoms with E-state index in [0.717, 1.165) is 6.42 Å². The van der Waals surface area contributed by atoms with Gasteiger partial charge in [-0.25, -0.2) is 0 Å². The quantitative estimate of drug-likeness (QED) is 0.0625. The smallest absolute Gasteiger partial charge is 0.323 e. The van der Waals surface area contributed by atoms with Gasteiger partial charge in [-0.2, -0.15) is 8.42 Å². The second-order valence-corrected chi connectivity index (χ2v) is 11.8. The van der Waals surface area contributed by atoms with Crippen LogP contribution in [0.1, 0.15) is 55.2 Å². The Balaban J connectivity index is 1.45. The Kier molecular flexibility index (Phi) is 10.0. The van der Waals surface area contributed by atoms with Crippen LogP contribution in [-0.2, 0) is 19.7 Å². The first-order valence-corrected chi connectivity index (χ1v) is 15.2. The number of para-hydroxylation sites is 1. The van der Waals surface area contributed by atoms with E-state index < -0.39 is 32.1 Å². The molecule has 42 heavy (non-hydrogen) atoms. The van der Waals surface area contributed by atoms with E-state index in [1.165, 1.54) is 24.3 Å². The van der Waals surface area contributed by atoms with Gasteiger partial charge in [0.15, 0.2) is 27.8 Å². The monoisotopic (exact) mass is 586 g/mol. The van der Waals surface area contributed by atoms with Crippen LogP contribution < -0.4 is 4.18 Å². The van der Waals surface area contributed by atoms with Gasteiger partial charge in [0.25, 0.3) is 0 Å². The van der Waals surface area contributed by atoms with Gasteiger partial charge >= 0.3 is 10.1 Å². The average Bonchev–Trinajstić information content (AvgIpc) is 2.99. The number of allylic oxidation sites excluding steroid dienone is 1. The lowest BCUT2D eigenvalue weighted by molar-refractivity contribution is -0.114. The molecule has 0 aromatic heterocycles. The maximum Gasteiger partial charge on any atom is 0.323 e. The Morgan fingerprint density at radius 1 is 0.714 bits per heavy atom. The zero-order chi connectivity index (χ0) is 30.0. The molecule has 4 aromatic carbocycles. The molecule has 4 rings (SSSR count). The Morgan fingerprint density at radius 2 is 1.21 bits per heavy atom. The number of unbranched alkanes of at least 4 members (excludes halogenated alkanes) is 3. The number of benzene rings is 4. The summed E-state index contributed by atoms with van der Waals surface area (Å²) in [5, 5.41) is 28.7. The third-order valence-corrected chi connectivity index (χ3v) is 9.05. The van der Waals surface area contributed by atoms with Crippen molar-refractivity contribution in [1.82, 2.24) is 0 Å². The van der Waals surface area contributed by atoms with Gasteiger partial charge < -0.3 is 19.5 Å². The van der Waals surface area contributed by atoms with Gasteiger partial charge in [0, 0.05) is 6.42 Å². The van der Waals surface area contributed by atoms with E-state index >= 15 is 0 Å². The summed E-state index contributed by atoms with van der Waals surface area (Å²) < 4.78 is 32.6. The molecule has 0 amide bonds. The molecule has 4 aromatic rings. The van der Waals surface area contributed by atoms with E-state index in [1.807, 2.05) is 60.7 Å². The lowest BCUT2D eigenvalue weighted by Crippen LogP contribution is -2.40. The highest BCUT2D eigenvalue weighted by Crippen LogP contribution is 2.43. The van der Waals surface area contributed by atoms with Crippen molar-refractivity contribution < 1.29 is 32.7 Å². The molecule has 8 heteroatoms. The molecule has 0 aliphatic heterocycles. The first-order chi connectivity index (χ1) is 20.2. The molecule has 0 aliphatic carbocycles. The summed E-state index contributed by atoms with van der Waals surface area (Å²) in [6.45, 7) is 0. The number of hydrogen-bond acceptors (Lipinski definition) is 7. The van der Waals surface area contributed by atoms with Gasteiger partial charge in [0.2, 0.25) is 0 Å². The number of phenolic OH excluding ortho intramolecular Hbond substituents is 3. The van der Waals surface area contributed by atoms with Crippen molar-refractivity contribution in [3.8, 4) is 23.0 Å². The fourth-order valence-corrected chi connectivity index (χ4v) is 6.73. The molecule has 0 radical (unpaired) electrons. The Hall–Kier alpha value is -4.56. The van der Waals surface area contributed by atoms with E-state index in [1.54, 1.807) is 30.3 Å². The van der Waals surface area contributed by atoms with Crippen LogP contribution in [0.4, 0.5) is 0 Å². The maximum atomic E-state index is 14.2. The number of aromatic hydroxyl groups is 3. The summed E-state index contributed by atoms with van der Waals surface area (Å²) >= 11 is 0. The summed E-state index contributed by atoms with van der Waals surface area (Å²) in [5.41, 5.74) is 1.63. The highest BCUT2D eigenvalue weighted by molar-refractivity contribution is 7.88. The third-order valence-electron chi connectivity index (χ3n) is 7.11. The van der Waals surface area contributed by atoms with Crippen molar-refractivity contribution in [2.24, 2.45) is 0 Å². The molecule has 0 unspecified atom stereocenters. The molecule has 0 saturated carbocycles. The van der Waals surface area contributed by atoms with Crippen molar-refractivity contribution in [3.05, 3.63) is 126 Å². The van der Waals surface area contributed by atoms with Gasteiger partial charge in [0.1, 0.15) is 5.75 Å². The molecule has 0 saturated heterocycles. The summed E-state index contributed by atoms with van der Waals surface area (Å²) in [5.74, 6) is -1.43. The minimum atomic E-state index is -4.21. The van der Waals surface area contributed by atoms with Crippen LogP contribution in [0, 0.1) is 0 Å². The van der Waals surface area contributed by atoms with E-state index in [-0.39, 0.29) is 18.0 Å². The van der Waals surface area contributed by atoms with Crippen molar-refractivity contribution in [2.45, 2.75) is 43.3 Å². The molecule has 218 valence electrons. The molecule has 0 atom stereocenters. The molecule has 0 spiro atoms. The number of carbonyl (C=O) groups excluding carboxylic acids is 1. The van der Waals surface area contributed by atoms with Crippen LogP contribution in [0.5, 0.6) is 23.0 Å². The molecule has 7 nitrogen and oxygen atoms in total. The maximum absolute atomic E-state index is 14.2. The van der Waals surface area contributed by atoms with E-state index in [2.05, 4.69) is 0 Å². The number of carbonyl (C=O) groups is 1. The predicted octanol–water partition coefficient (Wildman–Crippen LogP) is 7.08. The third kappa shape index (κ3) is 7.19. The molecule has 0 aliphatic rings. The summed E-state index contributed by atoms with van der Waals surface area (Å²) in [7, 11) is -4.21. The lowest BCUT2D eigenvalue weighted by Gasteiger charge is -2.34. The van der Waals surface area contributed by atoms with Gasteiger partial charge in [-0.15, -0.1) is 0 Å². The molecular weight excluding hydrogens is 552 g/mol.